The first kappa shape index (κ1) is 17.1. The van der Waals surface area contributed by atoms with E-state index in [1.165, 1.54) is 11.1 Å². The van der Waals surface area contributed by atoms with Crippen LogP contribution >= 0.6 is 0 Å². The van der Waals surface area contributed by atoms with E-state index in [4.69, 9.17) is 0 Å². The van der Waals surface area contributed by atoms with Crippen molar-refractivity contribution < 1.29 is 8.78 Å². The van der Waals surface area contributed by atoms with Gasteiger partial charge in [0.25, 0.3) is 0 Å². The van der Waals surface area contributed by atoms with Crippen molar-refractivity contribution in [3.05, 3.63) is 70.8 Å². The van der Waals surface area contributed by atoms with E-state index in [9.17, 15) is 8.78 Å². The molecule has 0 aliphatic carbocycles. The van der Waals surface area contributed by atoms with Gasteiger partial charge in [-0.05, 0) is 23.1 Å². The summed E-state index contributed by atoms with van der Waals surface area (Å²) < 4.78 is 27.3. The van der Waals surface area contributed by atoms with Gasteiger partial charge in [-0.1, -0.05) is 50.2 Å². The highest BCUT2D eigenvalue weighted by atomic mass is 19.2. The minimum absolute atomic E-state index is 0.217. The molecule has 0 unspecified atom stereocenters. The molecular weight excluding hydrogens is 306 g/mol. The highest BCUT2D eigenvalue weighted by Gasteiger charge is 2.24. The Labute approximate surface area is 142 Å². The molecule has 0 radical (unpaired) electrons. The third-order valence-electron chi connectivity index (χ3n) is 4.68. The zero-order valence-corrected chi connectivity index (χ0v) is 14.2. The Morgan fingerprint density at radius 3 is 2.71 bits per heavy atom. The predicted molar refractivity (Wildman–Crippen MR) is 92.9 cm³/mol. The fourth-order valence-corrected chi connectivity index (χ4v) is 3.43. The van der Waals surface area contributed by atoms with Gasteiger partial charge in [-0.15, -0.1) is 0 Å². The predicted octanol–water partition coefficient (Wildman–Crippen LogP) is 4.23. The van der Waals surface area contributed by atoms with Crippen LogP contribution in [0.4, 0.5) is 8.78 Å². The van der Waals surface area contributed by atoms with E-state index in [2.05, 4.69) is 48.3 Å². The third-order valence-corrected chi connectivity index (χ3v) is 4.68. The Kier molecular flexibility index (Phi) is 5.27. The molecule has 0 saturated carbocycles. The number of benzene rings is 2. The molecule has 1 N–H and O–H groups in total. The van der Waals surface area contributed by atoms with Crippen molar-refractivity contribution in [3.8, 4) is 0 Å². The Bertz CT molecular complexity index is 700. The second kappa shape index (κ2) is 7.41. The maximum atomic E-state index is 13.9. The van der Waals surface area contributed by atoms with Crippen LogP contribution in [0, 0.1) is 11.6 Å². The lowest BCUT2D eigenvalue weighted by Crippen LogP contribution is -2.45. The lowest BCUT2D eigenvalue weighted by molar-refractivity contribution is 0.190. The van der Waals surface area contributed by atoms with Gasteiger partial charge in [0.05, 0.1) is 0 Å². The maximum absolute atomic E-state index is 13.9. The van der Waals surface area contributed by atoms with E-state index in [0.29, 0.717) is 18.0 Å². The van der Waals surface area contributed by atoms with Gasteiger partial charge in [-0.3, -0.25) is 4.90 Å². The topological polar surface area (TPSA) is 15.3 Å². The van der Waals surface area contributed by atoms with E-state index >= 15 is 0 Å². The Morgan fingerprint density at radius 2 is 1.92 bits per heavy atom. The number of piperazine rings is 1. The van der Waals surface area contributed by atoms with Crippen molar-refractivity contribution in [3.63, 3.8) is 0 Å². The number of nitrogens with zero attached hydrogens (tertiary/aromatic N) is 1. The van der Waals surface area contributed by atoms with Crippen LogP contribution in [0.5, 0.6) is 0 Å². The number of halogens is 2. The summed E-state index contributed by atoms with van der Waals surface area (Å²) in [6.45, 7) is 7.29. The molecule has 1 atom stereocenters. The molecule has 4 heteroatoms. The first-order chi connectivity index (χ1) is 11.6. The van der Waals surface area contributed by atoms with E-state index in [-0.39, 0.29) is 6.04 Å². The van der Waals surface area contributed by atoms with Gasteiger partial charge < -0.3 is 5.32 Å². The van der Waals surface area contributed by atoms with Crippen LogP contribution in [-0.4, -0.2) is 24.5 Å². The van der Waals surface area contributed by atoms with Crippen LogP contribution in [0.2, 0.25) is 0 Å². The minimum atomic E-state index is -0.774. The molecule has 1 fully saturated rings. The SMILES string of the molecule is CC(C)c1ccccc1[C@@H]1CN(Cc2cccc(F)c2F)CCN1. The number of hydrogen-bond acceptors (Lipinski definition) is 2. The summed E-state index contributed by atoms with van der Waals surface area (Å²) in [7, 11) is 0. The maximum Gasteiger partial charge on any atom is 0.163 e. The lowest BCUT2D eigenvalue weighted by atomic mass is 9.92. The fourth-order valence-electron chi connectivity index (χ4n) is 3.43. The third kappa shape index (κ3) is 3.65. The van der Waals surface area contributed by atoms with Gasteiger partial charge >= 0.3 is 0 Å². The van der Waals surface area contributed by atoms with Gasteiger partial charge in [0.1, 0.15) is 0 Å². The summed E-state index contributed by atoms with van der Waals surface area (Å²) >= 11 is 0. The monoisotopic (exact) mass is 330 g/mol. The van der Waals surface area contributed by atoms with Gasteiger partial charge in [-0.2, -0.15) is 0 Å². The minimum Gasteiger partial charge on any atom is -0.308 e. The molecule has 1 saturated heterocycles. The first-order valence-corrected chi connectivity index (χ1v) is 8.53. The average molecular weight is 330 g/mol. The molecule has 2 aromatic carbocycles. The Balaban J connectivity index is 1.77. The quantitative estimate of drug-likeness (QED) is 0.902. The lowest BCUT2D eigenvalue weighted by Gasteiger charge is -2.35. The van der Waals surface area contributed by atoms with Crippen LogP contribution in [0.3, 0.4) is 0 Å². The molecule has 1 aliphatic rings. The van der Waals surface area contributed by atoms with Crippen LogP contribution < -0.4 is 5.32 Å². The normalized spacial score (nSPS) is 19.0. The molecule has 0 amide bonds. The van der Waals surface area contributed by atoms with Gasteiger partial charge in [0, 0.05) is 37.8 Å². The highest BCUT2D eigenvalue weighted by Crippen LogP contribution is 2.27. The van der Waals surface area contributed by atoms with Crippen LogP contribution in [-0.2, 0) is 6.54 Å². The van der Waals surface area contributed by atoms with E-state index in [1.54, 1.807) is 12.1 Å². The zero-order chi connectivity index (χ0) is 17.1. The van der Waals surface area contributed by atoms with Crippen LogP contribution in [0.1, 0.15) is 42.5 Å². The molecule has 24 heavy (non-hydrogen) atoms. The zero-order valence-electron chi connectivity index (χ0n) is 14.2. The van der Waals surface area contributed by atoms with E-state index < -0.39 is 11.6 Å². The summed E-state index contributed by atoms with van der Waals surface area (Å²) in [6, 6.07) is 13.1. The van der Waals surface area contributed by atoms with Crippen molar-refractivity contribution >= 4 is 0 Å². The van der Waals surface area contributed by atoms with Crippen molar-refractivity contribution in [2.45, 2.75) is 32.4 Å². The van der Waals surface area contributed by atoms with Crippen molar-refractivity contribution in [1.82, 2.24) is 10.2 Å². The van der Waals surface area contributed by atoms with E-state index in [0.717, 1.165) is 25.7 Å². The van der Waals surface area contributed by atoms with Crippen molar-refractivity contribution in [2.75, 3.05) is 19.6 Å². The summed E-state index contributed by atoms with van der Waals surface area (Å²) in [6.07, 6.45) is 0. The number of rotatable bonds is 4. The van der Waals surface area contributed by atoms with Crippen molar-refractivity contribution in [1.29, 1.82) is 0 Å². The second-order valence-corrected chi connectivity index (χ2v) is 6.74. The second-order valence-electron chi connectivity index (χ2n) is 6.74. The fraction of sp³-hybridized carbons (Fsp3) is 0.400. The molecule has 0 spiro atoms. The Morgan fingerprint density at radius 1 is 1.12 bits per heavy atom. The summed E-state index contributed by atoms with van der Waals surface area (Å²) in [5, 5.41) is 3.56. The molecule has 0 bridgehead atoms. The molecular formula is C20H24F2N2. The summed E-state index contributed by atoms with van der Waals surface area (Å²) in [4.78, 5) is 2.19. The molecule has 2 aromatic rings. The van der Waals surface area contributed by atoms with E-state index in [1.807, 2.05) is 0 Å². The summed E-state index contributed by atoms with van der Waals surface area (Å²) in [5.41, 5.74) is 3.07. The van der Waals surface area contributed by atoms with Gasteiger partial charge in [0.15, 0.2) is 11.6 Å². The van der Waals surface area contributed by atoms with Gasteiger partial charge in [0.2, 0.25) is 0 Å². The average Bonchev–Trinajstić information content (AvgIpc) is 2.59. The number of hydrogen-bond donors (Lipinski definition) is 1. The smallest absolute Gasteiger partial charge is 0.163 e. The molecule has 0 aromatic heterocycles. The van der Waals surface area contributed by atoms with Crippen LogP contribution in [0.15, 0.2) is 42.5 Å². The van der Waals surface area contributed by atoms with Crippen molar-refractivity contribution in [2.24, 2.45) is 0 Å². The Hall–Kier alpha value is -1.78. The summed E-state index contributed by atoms with van der Waals surface area (Å²) in [5.74, 6) is -1.04. The van der Waals surface area contributed by atoms with Gasteiger partial charge in [-0.25, -0.2) is 8.78 Å². The highest BCUT2D eigenvalue weighted by molar-refractivity contribution is 5.33. The molecule has 128 valence electrons. The standard InChI is InChI=1S/C20H24F2N2/c1-14(2)16-7-3-4-8-17(16)19-13-24(11-10-23-19)12-15-6-5-9-18(21)20(15)22/h3-9,14,19,23H,10-13H2,1-2H3/t19-/m0/s1. The number of nitrogens with one attached hydrogen (secondary N) is 1. The molecule has 1 heterocycles. The molecule has 1 aliphatic heterocycles. The van der Waals surface area contributed by atoms with Crippen LogP contribution in [0.25, 0.3) is 0 Å². The largest absolute Gasteiger partial charge is 0.308 e. The molecule has 2 nitrogen and oxygen atoms in total. The molecule has 3 rings (SSSR count). The first-order valence-electron chi connectivity index (χ1n) is 8.53.